The molecular formula is C84H54N2O2. The van der Waals surface area contributed by atoms with Crippen molar-refractivity contribution in [1.82, 2.24) is 9.13 Å². The third-order valence-electron chi connectivity index (χ3n) is 17.6. The highest BCUT2D eigenvalue weighted by Gasteiger charge is 2.18. The van der Waals surface area contributed by atoms with Crippen molar-refractivity contribution in [2.75, 3.05) is 0 Å². The van der Waals surface area contributed by atoms with Crippen molar-refractivity contribution in [1.29, 1.82) is 0 Å². The van der Waals surface area contributed by atoms with Crippen molar-refractivity contribution in [3.8, 4) is 78.1 Å². The normalized spacial score (nSPS) is 11.6. The van der Waals surface area contributed by atoms with Crippen LogP contribution in [0.25, 0.3) is 166 Å². The molecule has 4 nitrogen and oxygen atoms in total. The Kier molecular flexibility index (Phi) is 12.2. The summed E-state index contributed by atoms with van der Waals surface area (Å²) in [6.45, 7) is 0. The van der Waals surface area contributed by atoms with E-state index in [1.54, 1.807) is 0 Å². The fourth-order valence-electron chi connectivity index (χ4n) is 13.3. The highest BCUT2D eigenvalue weighted by Crippen LogP contribution is 2.42. The lowest BCUT2D eigenvalue weighted by molar-refractivity contribution is 0.668. The first-order valence-electron chi connectivity index (χ1n) is 30.0. The van der Waals surface area contributed by atoms with Crippen molar-refractivity contribution in [2.45, 2.75) is 0 Å². The molecule has 4 aromatic heterocycles. The first-order chi connectivity index (χ1) is 43.6. The quantitative estimate of drug-likeness (QED) is 0.152. The molecule has 0 radical (unpaired) electrons. The molecule has 4 heterocycles. The van der Waals surface area contributed by atoms with Crippen LogP contribution in [-0.2, 0) is 0 Å². The van der Waals surface area contributed by atoms with E-state index in [0.29, 0.717) is 0 Å². The fourth-order valence-corrected chi connectivity index (χ4v) is 13.3. The molecule has 0 bridgehead atoms. The molecule has 14 aromatic carbocycles. The predicted molar refractivity (Wildman–Crippen MR) is 369 cm³/mol. The molecule has 0 amide bonds. The van der Waals surface area contributed by atoms with Crippen LogP contribution in [0.3, 0.4) is 0 Å². The second kappa shape index (κ2) is 21.1. The van der Waals surface area contributed by atoms with E-state index in [1.807, 2.05) is 0 Å². The van der Waals surface area contributed by atoms with Gasteiger partial charge >= 0.3 is 0 Å². The van der Waals surface area contributed by atoms with Gasteiger partial charge in [0.05, 0.1) is 22.1 Å². The minimum absolute atomic E-state index is 0.893. The van der Waals surface area contributed by atoms with Crippen LogP contribution in [0.15, 0.2) is 336 Å². The molecule has 88 heavy (non-hydrogen) atoms. The number of hydrogen-bond acceptors (Lipinski definition) is 2. The Balaban J connectivity index is 0.000000142. The largest absolute Gasteiger partial charge is 0.456 e. The molecule has 0 aliphatic carbocycles. The van der Waals surface area contributed by atoms with Gasteiger partial charge in [-0.1, -0.05) is 200 Å². The lowest BCUT2D eigenvalue weighted by Gasteiger charge is -2.11. The van der Waals surface area contributed by atoms with Crippen LogP contribution >= 0.6 is 0 Å². The highest BCUT2D eigenvalue weighted by molar-refractivity contribution is 6.14. The standard InChI is InChI=1S/C48H31NO.C36H23NO/c1-4-12-32(13-5-1)37-26-38(33-14-6-2-7-15-33)28-39(27-37)36-22-25-48-44(31-36)43-30-35(21-24-47(43)50-48)34-20-23-46-42(29-34)41-18-10-11-19-45(41)49(46)40-16-8-3-9-17-40;1-3-9-24(10-4-1)25-16-19-35-31(22-25)32-23-27(17-20-36(32)38-35)26-15-18-34-30(21-26)29-13-7-8-14-33(29)37(34)28-11-5-2-6-12-28/h1-31H;1-23H. The Morgan fingerprint density at radius 2 is 0.409 bits per heavy atom. The maximum Gasteiger partial charge on any atom is 0.135 e. The molecule has 412 valence electrons. The molecule has 0 atom stereocenters. The summed E-state index contributed by atoms with van der Waals surface area (Å²) in [6, 6.07) is 117. The zero-order valence-corrected chi connectivity index (χ0v) is 47.9. The molecule has 0 aliphatic heterocycles. The van der Waals surface area contributed by atoms with Crippen LogP contribution in [0.5, 0.6) is 0 Å². The number of rotatable bonds is 8. The minimum atomic E-state index is 0.893. The van der Waals surface area contributed by atoms with Gasteiger partial charge in [0.1, 0.15) is 22.3 Å². The van der Waals surface area contributed by atoms with Crippen LogP contribution in [0.2, 0.25) is 0 Å². The predicted octanol–water partition coefficient (Wildman–Crippen LogP) is 23.4. The number of benzene rings is 14. The summed E-state index contributed by atoms with van der Waals surface area (Å²) in [5.41, 5.74) is 25.1. The minimum Gasteiger partial charge on any atom is -0.456 e. The van der Waals surface area contributed by atoms with Gasteiger partial charge in [-0.2, -0.15) is 0 Å². The second-order valence-corrected chi connectivity index (χ2v) is 22.8. The van der Waals surface area contributed by atoms with Crippen molar-refractivity contribution in [3.63, 3.8) is 0 Å². The molecule has 18 rings (SSSR count). The van der Waals surface area contributed by atoms with Gasteiger partial charge < -0.3 is 18.0 Å². The smallest absolute Gasteiger partial charge is 0.135 e. The van der Waals surface area contributed by atoms with Gasteiger partial charge in [0.25, 0.3) is 0 Å². The second-order valence-electron chi connectivity index (χ2n) is 22.8. The average Bonchev–Trinajstić information content (AvgIpc) is 2.61. The van der Waals surface area contributed by atoms with E-state index in [4.69, 9.17) is 8.83 Å². The van der Waals surface area contributed by atoms with Crippen LogP contribution in [-0.4, -0.2) is 9.13 Å². The summed E-state index contributed by atoms with van der Waals surface area (Å²) >= 11 is 0. The number of nitrogens with zero attached hydrogens (tertiary/aromatic N) is 2. The lowest BCUT2D eigenvalue weighted by Crippen LogP contribution is -1.92. The summed E-state index contributed by atoms with van der Waals surface area (Å²) in [5.74, 6) is 0. The number of hydrogen-bond donors (Lipinski definition) is 0. The Morgan fingerprint density at radius 1 is 0.159 bits per heavy atom. The third-order valence-corrected chi connectivity index (χ3v) is 17.6. The average molecular weight is 1120 g/mol. The van der Waals surface area contributed by atoms with E-state index in [1.165, 1.54) is 116 Å². The Labute approximate surface area is 508 Å². The van der Waals surface area contributed by atoms with Gasteiger partial charge in [0.15, 0.2) is 0 Å². The van der Waals surface area contributed by atoms with Crippen LogP contribution in [0, 0.1) is 0 Å². The SMILES string of the molecule is c1ccc(-c2cc(-c3ccccc3)cc(-c3ccc4oc5ccc(-c6ccc7c(c6)c6ccccc6n7-c6ccccc6)cc5c4c3)c2)cc1.c1ccc(-c2ccc3oc4ccc(-c5ccc6c(c5)c5ccccc5n6-c5ccccc5)cc4c3c2)cc1. The highest BCUT2D eigenvalue weighted by atomic mass is 16.3. The Hall–Kier alpha value is -11.7. The molecule has 0 aliphatic rings. The van der Waals surface area contributed by atoms with Gasteiger partial charge in [-0.05, 0) is 194 Å². The van der Waals surface area contributed by atoms with Gasteiger partial charge in [-0.25, -0.2) is 0 Å². The van der Waals surface area contributed by atoms with E-state index >= 15 is 0 Å². The number of fused-ring (bicyclic) bond motifs is 12. The first kappa shape index (κ1) is 50.8. The summed E-state index contributed by atoms with van der Waals surface area (Å²) in [7, 11) is 0. The monoisotopic (exact) mass is 1120 g/mol. The molecule has 0 fully saturated rings. The van der Waals surface area contributed by atoms with E-state index in [9.17, 15) is 0 Å². The Bertz CT molecular complexity index is 5600. The topological polar surface area (TPSA) is 36.1 Å². The van der Waals surface area contributed by atoms with E-state index in [2.05, 4.69) is 337 Å². The van der Waals surface area contributed by atoms with Gasteiger partial charge in [-0.15, -0.1) is 0 Å². The van der Waals surface area contributed by atoms with E-state index in [0.717, 1.165) is 49.4 Å². The Morgan fingerprint density at radius 3 is 0.773 bits per heavy atom. The number of para-hydroxylation sites is 4. The molecule has 0 N–H and O–H groups in total. The zero-order chi connectivity index (χ0) is 58.1. The van der Waals surface area contributed by atoms with Crippen molar-refractivity contribution < 1.29 is 8.83 Å². The fraction of sp³-hybridized carbons (Fsp3) is 0. The zero-order valence-electron chi connectivity index (χ0n) is 47.9. The first-order valence-corrected chi connectivity index (χ1v) is 30.0. The molecular weight excluding hydrogens is 1070 g/mol. The van der Waals surface area contributed by atoms with Gasteiger partial charge in [0, 0.05) is 54.5 Å². The molecule has 4 heteroatoms. The number of furan rings is 2. The van der Waals surface area contributed by atoms with Crippen molar-refractivity contribution >= 4 is 87.5 Å². The van der Waals surface area contributed by atoms with Crippen molar-refractivity contribution in [3.05, 3.63) is 328 Å². The molecule has 0 spiro atoms. The van der Waals surface area contributed by atoms with Crippen molar-refractivity contribution in [2.24, 2.45) is 0 Å². The lowest BCUT2D eigenvalue weighted by atomic mass is 9.93. The van der Waals surface area contributed by atoms with Gasteiger partial charge in [-0.3, -0.25) is 0 Å². The summed E-state index contributed by atoms with van der Waals surface area (Å²) in [5, 5.41) is 9.53. The van der Waals surface area contributed by atoms with Crippen LogP contribution in [0.4, 0.5) is 0 Å². The van der Waals surface area contributed by atoms with E-state index < -0.39 is 0 Å². The van der Waals surface area contributed by atoms with Crippen LogP contribution in [0.1, 0.15) is 0 Å². The molecule has 0 saturated carbocycles. The molecule has 18 aromatic rings. The maximum absolute atomic E-state index is 6.40. The van der Waals surface area contributed by atoms with Gasteiger partial charge in [0.2, 0.25) is 0 Å². The molecule has 0 unspecified atom stereocenters. The van der Waals surface area contributed by atoms with E-state index in [-0.39, 0.29) is 0 Å². The number of aromatic nitrogens is 2. The third kappa shape index (κ3) is 8.85. The van der Waals surface area contributed by atoms with Crippen LogP contribution < -0.4 is 0 Å². The maximum atomic E-state index is 6.40. The summed E-state index contributed by atoms with van der Waals surface area (Å²) in [6.07, 6.45) is 0. The molecule has 0 saturated heterocycles. The summed E-state index contributed by atoms with van der Waals surface area (Å²) in [4.78, 5) is 0. The summed E-state index contributed by atoms with van der Waals surface area (Å²) < 4.78 is 17.3.